The van der Waals surface area contributed by atoms with E-state index in [-0.39, 0.29) is 11.7 Å². The number of Topliss-reactive ketones (excluding diaryl/α,β-unsaturated/α-hetero) is 1. The summed E-state index contributed by atoms with van der Waals surface area (Å²) in [6.07, 6.45) is 0.953. The third-order valence-electron chi connectivity index (χ3n) is 3.04. The Morgan fingerprint density at radius 3 is 3.06 bits per heavy atom. The Balaban J connectivity index is 2.00. The van der Waals surface area contributed by atoms with Gasteiger partial charge in [-0.15, -0.1) is 0 Å². The van der Waals surface area contributed by atoms with Gasteiger partial charge in [-0.2, -0.15) is 11.8 Å². The number of carbonyl (C=O) groups is 1. The summed E-state index contributed by atoms with van der Waals surface area (Å²) < 4.78 is 5.58. The molecule has 0 spiro atoms. The van der Waals surface area contributed by atoms with E-state index in [4.69, 9.17) is 16.0 Å². The predicted molar refractivity (Wildman–Crippen MR) is 71.0 cm³/mol. The van der Waals surface area contributed by atoms with Crippen LogP contribution in [0.3, 0.4) is 0 Å². The molecule has 1 aliphatic rings. The van der Waals surface area contributed by atoms with E-state index in [1.807, 2.05) is 23.9 Å². The Bertz CT molecular complexity index is 570. The molecule has 1 atom stereocenters. The first-order chi connectivity index (χ1) is 8.25. The summed E-state index contributed by atoms with van der Waals surface area (Å²) in [4.78, 5) is 12.2. The molecule has 1 aromatic carbocycles. The number of rotatable bonds is 2. The molecule has 0 radical (unpaired) electrons. The van der Waals surface area contributed by atoms with E-state index >= 15 is 0 Å². The summed E-state index contributed by atoms with van der Waals surface area (Å²) in [5.74, 6) is 2.64. The first-order valence-corrected chi connectivity index (χ1v) is 7.09. The highest BCUT2D eigenvalue weighted by Gasteiger charge is 2.26. The van der Waals surface area contributed by atoms with Crippen LogP contribution < -0.4 is 0 Å². The number of hydrogen-bond acceptors (Lipinski definition) is 3. The zero-order valence-electron chi connectivity index (χ0n) is 9.11. The smallest absolute Gasteiger partial charge is 0.201 e. The molecule has 1 fully saturated rings. The molecule has 0 aliphatic carbocycles. The van der Waals surface area contributed by atoms with Gasteiger partial charge in [-0.25, -0.2) is 0 Å². The molecule has 0 N–H and O–H groups in total. The lowest BCUT2D eigenvalue weighted by molar-refractivity contribution is 0.0908. The highest BCUT2D eigenvalue weighted by Crippen LogP contribution is 2.31. The topological polar surface area (TPSA) is 30.2 Å². The molecule has 1 aliphatic heterocycles. The van der Waals surface area contributed by atoms with Crippen molar-refractivity contribution in [3.63, 3.8) is 0 Å². The fraction of sp³-hybridized carbons (Fsp3) is 0.308. The van der Waals surface area contributed by atoms with Crippen LogP contribution in [-0.2, 0) is 0 Å². The Hall–Kier alpha value is -0.930. The lowest BCUT2D eigenvalue weighted by Crippen LogP contribution is -2.12. The average Bonchev–Trinajstić information content (AvgIpc) is 2.98. The number of ketones is 1. The number of halogens is 1. The maximum atomic E-state index is 12.2. The van der Waals surface area contributed by atoms with Crippen LogP contribution >= 0.6 is 23.4 Å². The molecule has 0 saturated carbocycles. The van der Waals surface area contributed by atoms with Gasteiger partial charge < -0.3 is 4.42 Å². The van der Waals surface area contributed by atoms with Crippen LogP contribution in [0, 0.1) is 5.92 Å². The quantitative estimate of drug-likeness (QED) is 0.769. The summed E-state index contributed by atoms with van der Waals surface area (Å²) in [5.41, 5.74) is 0.614. The number of carbonyl (C=O) groups excluding carboxylic acids is 1. The SMILES string of the molecule is O=C(c1cc2cccc(Cl)c2o1)C1CCSC1. The Kier molecular flexibility index (Phi) is 2.89. The number of para-hydroxylation sites is 1. The molecule has 2 aromatic rings. The van der Waals surface area contributed by atoms with Gasteiger partial charge in [0.05, 0.1) is 5.02 Å². The van der Waals surface area contributed by atoms with Crippen molar-refractivity contribution in [2.75, 3.05) is 11.5 Å². The molecule has 0 bridgehead atoms. The largest absolute Gasteiger partial charge is 0.451 e. The van der Waals surface area contributed by atoms with Crippen LogP contribution in [0.4, 0.5) is 0 Å². The van der Waals surface area contributed by atoms with Gasteiger partial charge in [0.2, 0.25) is 5.78 Å². The van der Waals surface area contributed by atoms with E-state index in [0.29, 0.717) is 16.4 Å². The first-order valence-electron chi connectivity index (χ1n) is 5.56. The molecule has 3 rings (SSSR count). The predicted octanol–water partition coefficient (Wildman–Crippen LogP) is 4.02. The Labute approximate surface area is 108 Å². The Morgan fingerprint density at radius 1 is 1.47 bits per heavy atom. The second-order valence-electron chi connectivity index (χ2n) is 4.19. The molecule has 1 aromatic heterocycles. The molecule has 2 heterocycles. The summed E-state index contributed by atoms with van der Waals surface area (Å²) in [5, 5.41) is 1.45. The van der Waals surface area contributed by atoms with Gasteiger partial charge in [0.15, 0.2) is 11.3 Å². The van der Waals surface area contributed by atoms with Crippen LogP contribution in [0.25, 0.3) is 11.0 Å². The van der Waals surface area contributed by atoms with Gasteiger partial charge in [0.1, 0.15) is 0 Å². The zero-order chi connectivity index (χ0) is 11.8. The van der Waals surface area contributed by atoms with Crippen molar-refractivity contribution in [3.05, 3.63) is 35.0 Å². The van der Waals surface area contributed by atoms with Gasteiger partial charge in [0, 0.05) is 17.1 Å². The molecule has 4 heteroatoms. The van der Waals surface area contributed by atoms with Gasteiger partial charge >= 0.3 is 0 Å². The van der Waals surface area contributed by atoms with Crippen LogP contribution in [0.15, 0.2) is 28.7 Å². The highest BCUT2D eigenvalue weighted by atomic mass is 35.5. The molecule has 1 unspecified atom stereocenters. The normalized spacial score (nSPS) is 19.9. The number of hydrogen-bond donors (Lipinski definition) is 0. The third kappa shape index (κ3) is 1.98. The minimum atomic E-state index is 0.110. The van der Waals surface area contributed by atoms with E-state index in [2.05, 4.69) is 0 Å². The van der Waals surface area contributed by atoms with Crippen molar-refractivity contribution in [2.24, 2.45) is 5.92 Å². The molecule has 17 heavy (non-hydrogen) atoms. The fourth-order valence-corrected chi connectivity index (χ4v) is 3.53. The monoisotopic (exact) mass is 266 g/mol. The van der Waals surface area contributed by atoms with Crippen LogP contribution in [0.2, 0.25) is 5.02 Å². The molecular formula is C13H11ClO2S. The number of thioether (sulfide) groups is 1. The number of benzene rings is 1. The lowest BCUT2D eigenvalue weighted by atomic mass is 10.0. The maximum Gasteiger partial charge on any atom is 0.201 e. The van der Waals surface area contributed by atoms with Crippen molar-refractivity contribution < 1.29 is 9.21 Å². The Morgan fingerprint density at radius 2 is 2.35 bits per heavy atom. The summed E-state index contributed by atoms with van der Waals surface area (Å²) in [6.45, 7) is 0. The van der Waals surface area contributed by atoms with Crippen LogP contribution in [0.5, 0.6) is 0 Å². The van der Waals surface area contributed by atoms with Crippen molar-refractivity contribution >= 4 is 40.1 Å². The fourth-order valence-electron chi connectivity index (χ4n) is 2.09. The number of furan rings is 1. The van der Waals surface area contributed by atoms with Crippen molar-refractivity contribution in [3.8, 4) is 0 Å². The van der Waals surface area contributed by atoms with Crippen molar-refractivity contribution in [2.45, 2.75) is 6.42 Å². The van der Waals surface area contributed by atoms with Crippen LogP contribution in [0.1, 0.15) is 17.0 Å². The molecule has 88 valence electrons. The van der Waals surface area contributed by atoms with Gasteiger partial charge in [-0.1, -0.05) is 23.7 Å². The minimum absolute atomic E-state index is 0.110. The standard InChI is InChI=1S/C13H11ClO2S/c14-10-3-1-2-8-6-11(16-13(8)10)12(15)9-4-5-17-7-9/h1-3,6,9H,4-5,7H2. The third-order valence-corrected chi connectivity index (χ3v) is 4.50. The average molecular weight is 267 g/mol. The van der Waals surface area contributed by atoms with E-state index in [1.165, 1.54) is 0 Å². The number of fused-ring (bicyclic) bond motifs is 1. The highest BCUT2D eigenvalue weighted by molar-refractivity contribution is 7.99. The molecule has 1 saturated heterocycles. The lowest BCUT2D eigenvalue weighted by Gasteiger charge is -2.02. The van der Waals surface area contributed by atoms with E-state index in [9.17, 15) is 4.79 Å². The van der Waals surface area contributed by atoms with E-state index in [0.717, 1.165) is 23.3 Å². The van der Waals surface area contributed by atoms with Gasteiger partial charge in [-0.05, 0) is 24.3 Å². The molecule has 2 nitrogen and oxygen atoms in total. The summed E-state index contributed by atoms with van der Waals surface area (Å²) in [6, 6.07) is 7.34. The zero-order valence-corrected chi connectivity index (χ0v) is 10.7. The van der Waals surface area contributed by atoms with Gasteiger partial charge in [0.25, 0.3) is 0 Å². The molecule has 0 amide bonds. The second-order valence-corrected chi connectivity index (χ2v) is 5.75. The van der Waals surface area contributed by atoms with Crippen molar-refractivity contribution in [1.29, 1.82) is 0 Å². The van der Waals surface area contributed by atoms with Crippen molar-refractivity contribution in [1.82, 2.24) is 0 Å². The maximum absolute atomic E-state index is 12.2. The molecular weight excluding hydrogens is 256 g/mol. The van der Waals surface area contributed by atoms with Crippen LogP contribution in [-0.4, -0.2) is 17.3 Å². The summed E-state index contributed by atoms with van der Waals surface area (Å²) in [7, 11) is 0. The first kappa shape index (κ1) is 11.2. The minimum Gasteiger partial charge on any atom is -0.451 e. The summed E-state index contributed by atoms with van der Waals surface area (Å²) >= 11 is 7.85. The van der Waals surface area contributed by atoms with E-state index < -0.39 is 0 Å². The second kappa shape index (κ2) is 4.39. The van der Waals surface area contributed by atoms with E-state index in [1.54, 1.807) is 12.1 Å². The van der Waals surface area contributed by atoms with Gasteiger partial charge in [-0.3, -0.25) is 4.79 Å².